The number of halogens is 1. The first-order valence-corrected chi connectivity index (χ1v) is 14.7. The highest BCUT2D eigenvalue weighted by Gasteiger charge is 2.32. The number of ether oxygens (including phenoxy) is 3. The minimum atomic E-state index is -1.01. The van der Waals surface area contributed by atoms with Crippen molar-refractivity contribution in [3.63, 3.8) is 0 Å². The zero-order valence-electron chi connectivity index (χ0n) is 24.7. The molecule has 0 amide bonds. The van der Waals surface area contributed by atoms with Crippen LogP contribution < -0.4 is 9.47 Å². The molecule has 0 bridgehead atoms. The van der Waals surface area contributed by atoms with Crippen molar-refractivity contribution < 1.29 is 28.5 Å². The lowest BCUT2D eigenvalue weighted by Crippen LogP contribution is -2.38. The smallest absolute Gasteiger partial charge is 0.335 e. The number of carboxylic acid groups (broad SMARTS) is 1. The largest absolute Gasteiger partial charge is 0.488 e. The second-order valence-corrected chi connectivity index (χ2v) is 11.5. The Hall–Kier alpha value is -4.53. The number of pyridine rings is 1. The molecule has 1 N–H and O–H groups in total. The summed E-state index contributed by atoms with van der Waals surface area (Å²) in [6.45, 7) is 2.35. The predicted molar refractivity (Wildman–Crippen MR) is 159 cm³/mol. The predicted octanol–water partition coefficient (Wildman–Crippen LogP) is 5.19. The molecule has 2 aromatic carbocycles. The zero-order valence-corrected chi connectivity index (χ0v) is 24.7. The molecular weight excluding hydrogens is 565 g/mol. The fourth-order valence-electron chi connectivity index (χ4n) is 5.86. The number of carbonyl (C=O) groups is 1. The molecule has 1 saturated carbocycles. The van der Waals surface area contributed by atoms with Crippen molar-refractivity contribution in [1.29, 1.82) is 5.26 Å². The van der Waals surface area contributed by atoms with Crippen molar-refractivity contribution in [3.05, 3.63) is 82.6 Å². The van der Waals surface area contributed by atoms with Crippen LogP contribution in [0.1, 0.15) is 64.6 Å². The summed E-state index contributed by atoms with van der Waals surface area (Å²) >= 11 is 0. The molecule has 2 fully saturated rings. The molecule has 0 spiro atoms. The molecule has 2 aromatic heterocycles. The Morgan fingerprint density at radius 3 is 2.61 bits per heavy atom. The highest BCUT2D eigenvalue weighted by atomic mass is 19.1. The lowest BCUT2D eigenvalue weighted by atomic mass is 9.92. The molecule has 2 aliphatic rings. The SMILES string of the molecule is COC1CC(Oc2cc(C(=O)O)cc3c2nc(CN2CCC(c4cccc(OCc5ccc(C#N)cc5F)n4)CC2)n3C)C1. The molecule has 3 heterocycles. The van der Waals surface area contributed by atoms with Gasteiger partial charge in [0, 0.05) is 50.2 Å². The number of hydrogen-bond donors (Lipinski definition) is 1. The number of carboxylic acids is 1. The maximum atomic E-state index is 14.3. The molecular formula is C33H34FN5O5. The normalized spacial score (nSPS) is 19.0. The van der Waals surface area contributed by atoms with Gasteiger partial charge in [-0.1, -0.05) is 12.1 Å². The molecule has 0 atom stereocenters. The van der Waals surface area contributed by atoms with E-state index in [1.54, 1.807) is 37.4 Å². The Balaban J connectivity index is 1.09. The van der Waals surface area contributed by atoms with E-state index in [9.17, 15) is 14.3 Å². The maximum Gasteiger partial charge on any atom is 0.335 e. The Morgan fingerprint density at radius 1 is 1.11 bits per heavy atom. The van der Waals surface area contributed by atoms with Crippen molar-refractivity contribution in [2.75, 3.05) is 20.2 Å². The molecule has 1 aliphatic carbocycles. The van der Waals surface area contributed by atoms with Crippen molar-refractivity contribution in [3.8, 4) is 17.7 Å². The van der Waals surface area contributed by atoms with Gasteiger partial charge in [0.25, 0.3) is 0 Å². The molecule has 228 valence electrons. The summed E-state index contributed by atoms with van der Waals surface area (Å²) < 4.78 is 33.6. The first-order valence-electron chi connectivity index (χ1n) is 14.7. The number of aryl methyl sites for hydroxylation is 1. The van der Waals surface area contributed by atoms with Gasteiger partial charge in [-0.2, -0.15) is 5.26 Å². The number of imidazole rings is 1. The van der Waals surface area contributed by atoms with Crippen LogP contribution in [0.25, 0.3) is 11.0 Å². The van der Waals surface area contributed by atoms with Crippen LogP contribution in [0.2, 0.25) is 0 Å². The quantitative estimate of drug-likeness (QED) is 0.262. The number of hydrogen-bond acceptors (Lipinski definition) is 8. The first-order chi connectivity index (χ1) is 21.3. The van der Waals surface area contributed by atoms with Gasteiger partial charge in [-0.25, -0.2) is 19.2 Å². The van der Waals surface area contributed by atoms with Crippen molar-refractivity contribution in [1.82, 2.24) is 19.4 Å². The number of aromatic nitrogens is 3. The molecule has 1 aliphatic heterocycles. The molecule has 4 aromatic rings. The van der Waals surface area contributed by atoms with E-state index in [2.05, 4.69) is 4.90 Å². The van der Waals surface area contributed by atoms with Crippen LogP contribution >= 0.6 is 0 Å². The highest BCUT2D eigenvalue weighted by molar-refractivity contribution is 5.95. The Bertz CT molecular complexity index is 1720. The maximum absolute atomic E-state index is 14.3. The minimum Gasteiger partial charge on any atom is -0.488 e. The summed E-state index contributed by atoms with van der Waals surface area (Å²) in [5.74, 6) is 0.561. The van der Waals surface area contributed by atoms with E-state index in [0.29, 0.717) is 29.3 Å². The number of likely N-dealkylation sites (tertiary alicyclic amines) is 1. The number of rotatable bonds is 10. The Kier molecular flexibility index (Phi) is 8.46. The number of fused-ring (bicyclic) bond motifs is 1. The number of nitrogens with zero attached hydrogens (tertiary/aromatic N) is 5. The molecule has 1 saturated heterocycles. The lowest BCUT2D eigenvalue weighted by molar-refractivity contribution is -0.0376. The number of methoxy groups -OCH3 is 1. The first kappa shape index (κ1) is 29.5. The molecule has 0 unspecified atom stereocenters. The Morgan fingerprint density at radius 2 is 1.91 bits per heavy atom. The third kappa shape index (κ3) is 6.23. The average molecular weight is 600 g/mol. The van der Waals surface area contributed by atoms with E-state index in [1.807, 2.05) is 29.8 Å². The molecule has 6 rings (SSSR count). The fraction of sp³-hybridized carbons (Fsp3) is 0.394. The summed E-state index contributed by atoms with van der Waals surface area (Å²) in [7, 11) is 3.60. The third-order valence-electron chi connectivity index (χ3n) is 8.64. The van der Waals surface area contributed by atoms with Gasteiger partial charge < -0.3 is 23.9 Å². The standard InChI is InChI=1S/C33H34FN5O5/c1-38-28-13-23(33(40)41)14-29(44-25-15-24(16-25)42-2)32(28)37-30(38)18-39-10-8-21(9-11-39)27-4-3-5-31(36-27)43-19-22-7-6-20(17-35)12-26(22)34/h3-7,12-14,21,24-25H,8-11,15-16,18-19H2,1-2H3,(H,40,41). The number of aromatic carboxylic acids is 1. The summed E-state index contributed by atoms with van der Waals surface area (Å²) in [5, 5.41) is 18.6. The van der Waals surface area contributed by atoms with Gasteiger partial charge in [-0.05, 0) is 56.3 Å². The van der Waals surface area contributed by atoms with E-state index < -0.39 is 11.8 Å². The molecule has 10 nitrogen and oxygen atoms in total. The third-order valence-corrected chi connectivity index (χ3v) is 8.64. The summed E-state index contributed by atoms with van der Waals surface area (Å²) in [6.07, 6.45) is 3.50. The van der Waals surface area contributed by atoms with Crippen molar-refractivity contribution in [2.24, 2.45) is 7.05 Å². The van der Waals surface area contributed by atoms with Crippen LogP contribution in [0.4, 0.5) is 4.39 Å². The van der Waals surface area contributed by atoms with E-state index in [0.717, 1.165) is 55.8 Å². The van der Waals surface area contributed by atoms with Crippen LogP contribution in [0.3, 0.4) is 0 Å². The second kappa shape index (κ2) is 12.6. The summed E-state index contributed by atoms with van der Waals surface area (Å²) in [5.41, 5.74) is 3.16. The molecule has 0 radical (unpaired) electrons. The Labute approximate surface area is 254 Å². The zero-order chi connectivity index (χ0) is 30.8. The van der Waals surface area contributed by atoms with E-state index >= 15 is 0 Å². The highest BCUT2D eigenvalue weighted by Crippen LogP contribution is 2.34. The van der Waals surface area contributed by atoms with Gasteiger partial charge in [0.15, 0.2) is 0 Å². The van der Waals surface area contributed by atoms with Crippen molar-refractivity contribution >= 4 is 17.0 Å². The van der Waals surface area contributed by atoms with Gasteiger partial charge in [0.1, 0.15) is 35.6 Å². The lowest BCUT2D eigenvalue weighted by Gasteiger charge is -2.34. The van der Waals surface area contributed by atoms with Crippen LogP contribution in [0.15, 0.2) is 48.5 Å². The van der Waals surface area contributed by atoms with E-state index in [4.69, 9.17) is 29.4 Å². The minimum absolute atomic E-state index is 0.0219. The number of piperidine rings is 1. The van der Waals surface area contributed by atoms with Gasteiger partial charge >= 0.3 is 5.97 Å². The van der Waals surface area contributed by atoms with Gasteiger partial charge in [-0.15, -0.1) is 0 Å². The summed E-state index contributed by atoms with van der Waals surface area (Å²) in [4.78, 5) is 23.8. The average Bonchev–Trinajstić information content (AvgIpc) is 3.33. The van der Waals surface area contributed by atoms with Gasteiger partial charge in [0.05, 0.1) is 35.4 Å². The fourth-order valence-corrected chi connectivity index (χ4v) is 5.86. The molecule has 44 heavy (non-hydrogen) atoms. The van der Waals surface area contributed by atoms with Gasteiger partial charge in [0.2, 0.25) is 5.88 Å². The summed E-state index contributed by atoms with van der Waals surface area (Å²) in [6, 6.07) is 15.2. The van der Waals surface area contributed by atoms with Crippen LogP contribution in [0.5, 0.6) is 11.6 Å². The van der Waals surface area contributed by atoms with E-state index in [1.165, 1.54) is 6.07 Å². The number of benzene rings is 2. The second-order valence-electron chi connectivity index (χ2n) is 11.5. The van der Waals surface area contributed by atoms with Crippen LogP contribution in [-0.2, 0) is 24.9 Å². The molecule has 11 heteroatoms. The monoisotopic (exact) mass is 599 g/mol. The van der Waals surface area contributed by atoms with Crippen LogP contribution in [0, 0.1) is 17.1 Å². The van der Waals surface area contributed by atoms with E-state index in [-0.39, 0.29) is 35.9 Å². The van der Waals surface area contributed by atoms with Crippen molar-refractivity contribution in [2.45, 2.75) is 57.0 Å². The number of nitriles is 1. The van der Waals surface area contributed by atoms with Crippen LogP contribution in [-0.4, -0.2) is 62.9 Å². The van der Waals surface area contributed by atoms with Gasteiger partial charge in [-0.3, -0.25) is 4.90 Å². The topological polar surface area (TPSA) is 123 Å².